The molecule has 10 heteroatoms. The molecule has 32 heavy (non-hydrogen) atoms. The van der Waals surface area contributed by atoms with Gasteiger partial charge in [0.15, 0.2) is 11.5 Å². The average Bonchev–Trinajstić information content (AvgIpc) is 3.35. The molecule has 3 amide bonds. The normalized spacial score (nSPS) is 15.7. The second-order valence-electron chi connectivity index (χ2n) is 7.01. The summed E-state index contributed by atoms with van der Waals surface area (Å²) in [6, 6.07) is 5.56. The number of hydrogen-bond donors (Lipinski definition) is 1. The Bertz CT molecular complexity index is 1080. The van der Waals surface area contributed by atoms with E-state index >= 15 is 0 Å². The molecule has 0 spiro atoms. The fraction of sp³-hybridized carbons (Fsp3) is 0.318. The average molecular weight is 463 g/mol. The highest BCUT2D eigenvalue weighted by Gasteiger charge is 2.34. The predicted octanol–water partition coefficient (Wildman–Crippen LogP) is 4.00. The molecule has 1 aromatic heterocycles. The quantitative estimate of drug-likeness (QED) is 0.359. The first kappa shape index (κ1) is 23.2. The highest BCUT2D eigenvalue weighted by atomic mass is 35.5. The number of nitrogens with zero attached hydrogens (tertiary/aromatic N) is 1. The Morgan fingerprint density at radius 3 is 2.69 bits per heavy atom. The maximum absolute atomic E-state index is 12.8. The summed E-state index contributed by atoms with van der Waals surface area (Å²) in [4.78, 5) is 37.6. The minimum Gasteiger partial charge on any atom is -0.493 e. The van der Waals surface area contributed by atoms with E-state index < -0.39 is 17.9 Å². The van der Waals surface area contributed by atoms with Gasteiger partial charge in [-0.15, -0.1) is 0 Å². The van der Waals surface area contributed by atoms with Crippen LogP contribution in [-0.2, 0) is 16.1 Å². The van der Waals surface area contributed by atoms with Crippen LogP contribution in [0.25, 0.3) is 6.08 Å². The maximum Gasteiger partial charge on any atom is 0.373 e. The largest absolute Gasteiger partial charge is 0.493 e. The number of benzene rings is 1. The molecule has 3 rings (SSSR count). The number of carbonyl (C=O) groups is 3. The van der Waals surface area contributed by atoms with Gasteiger partial charge in [-0.25, -0.2) is 9.59 Å². The molecule has 0 radical (unpaired) electrons. The van der Waals surface area contributed by atoms with Crippen molar-refractivity contribution in [2.24, 2.45) is 0 Å². The van der Waals surface area contributed by atoms with Crippen molar-refractivity contribution in [1.82, 2.24) is 10.2 Å². The molecule has 0 unspecified atom stereocenters. The van der Waals surface area contributed by atoms with E-state index in [-0.39, 0.29) is 29.9 Å². The molecule has 0 bridgehead atoms. The molecule has 1 aromatic carbocycles. The van der Waals surface area contributed by atoms with E-state index in [2.05, 4.69) is 10.1 Å². The Morgan fingerprint density at radius 1 is 1.28 bits per heavy atom. The third-order valence-electron chi connectivity index (χ3n) is 4.78. The smallest absolute Gasteiger partial charge is 0.373 e. The minimum atomic E-state index is -0.652. The fourth-order valence-corrected chi connectivity index (χ4v) is 3.20. The second kappa shape index (κ2) is 9.78. The molecule has 1 fully saturated rings. The van der Waals surface area contributed by atoms with Crippen molar-refractivity contribution in [1.29, 1.82) is 0 Å². The third-order valence-corrected chi connectivity index (χ3v) is 5.06. The Morgan fingerprint density at radius 2 is 2.03 bits per heavy atom. The van der Waals surface area contributed by atoms with Gasteiger partial charge in [0, 0.05) is 0 Å². The lowest BCUT2D eigenvalue weighted by Crippen LogP contribution is -2.30. The zero-order valence-corrected chi connectivity index (χ0v) is 18.8. The molecule has 1 aliphatic rings. The lowest BCUT2D eigenvalue weighted by atomic mass is 10.1. The zero-order valence-electron chi connectivity index (χ0n) is 18.1. The molecule has 9 nitrogen and oxygen atoms in total. The molecule has 0 saturated carbocycles. The number of urea groups is 1. The van der Waals surface area contributed by atoms with Crippen molar-refractivity contribution in [2.75, 3.05) is 14.2 Å². The van der Waals surface area contributed by atoms with E-state index in [9.17, 15) is 14.4 Å². The molecule has 0 aliphatic carbocycles. The number of carbonyl (C=O) groups excluding carboxylic acids is 3. The number of imide groups is 1. The van der Waals surface area contributed by atoms with Crippen LogP contribution in [0.5, 0.6) is 11.5 Å². The van der Waals surface area contributed by atoms with Gasteiger partial charge in [0.2, 0.25) is 5.76 Å². The number of furan rings is 1. The highest BCUT2D eigenvalue weighted by Crippen LogP contribution is 2.38. The van der Waals surface area contributed by atoms with E-state index in [1.54, 1.807) is 12.1 Å². The Hall–Kier alpha value is -3.46. The van der Waals surface area contributed by atoms with Crippen molar-refractivity contribution >= 4 is 35.6 Å². The molecular weight excluding hydrogens is 440 g/mol. The van der Waals surface area contributed by atoms with E-state index in [1.807, 2.05) is 13.8 Å². The molecule has 1 aliphatic heterocycles. The van der Waals surface area contributed by atoms with Crippen molar-refractivity contribution in [3.05, 3.63) is 52.1 Å². The van der Waals surface area contributed by atoms with Gasteiger partial charge in [-0.2, -0.15) is 0 Å². The van der Waals surface area contributed by atoms with E-state index in [4.69, 9.17) is 25.5 Å². The summed E-state index contributed by atoms with van der Waals surface area (Å²) in [5.74, 6) is -0.155. The van der Waals surface area contributed by atoms with Gasteiger partial charge < -0.3 is 23.9 Å². The minimum absolute atomic E-state index is 0.0215. The van der Waals surface area contributed by atoms with Crippen LogP contribution in [0.4, 0.5) is 4.79 Å². The number of esters is 1. The molecule has 1 saturated heterocycles. The van der Waals surface area contributed by atoms with Crippen LogP contribution in [0, 0.1) is 0 Å². The molecule has 2 aromatic rings. The summed E-state index contributed by atoms with van der Waals surface area (Å²) >= 11 is 6.37. The van der Waals surface area contributed by atoms with Gasteiger partial charge in [0.25, 0.3) is 5.91 Å². The predicted molar refractivity (Wildman–Crippen MR) is 115 cm³/mol. The number of amides is 3. The number of hydrogen-bond acceptors (Lipinski definition) is 7. The summed E-state index contributed by atoms with van der Waals surface area (Å²) in [6.07, 6.45) is 2.22. The van der Waals surface area contributed by atoms with Gasteiger partial charge in [0.1, 0.15) is 11.5 Å². The first-order valence-electron chi connectivity index (χ1n) is 9.83. The van der Waals surface area contributed by atoms with Crippen LogP contribution in [-0.4, -0.2) is 43.1 Å². The van der Waals surface area contributed by atoms with Gasteiger partial charge in [-0.3, -0.25) is 9.69 Å². The number of methoxy groups -OCH3 is 2. The van der Waals surface area contributed by atoms with Crippen LogP contribution in [0.3, 0.4) is 0 Å². The molecular formula is C22H23ClN2O7. The van der Waals surface area contributed by atoms with Crippen LogP contribution in [0.2, 0.25) is 5.02 Å². The van der Waals surface area contributed by atoms with E-state index in [0.717, 1.165) is 11.3 Å². The lowest BCUT2D eigenvalue weighted by molar-refractivity contribution is -0.123. The van der Waals surface area contributed by atoms with Gasteiger partial charge >= 0.3 is 12.0 Å². The Labute approximate surface area is 189 Å². The first-order chi connectivity index (χ1) is 15.3. The topological polar surface area (TPSA) is 107 Å². The van der Waals surface area contributed by atoms with Crippen LogP contribution in [0.15, 0.2) is 34.4 Å². The van der Waals surface area contributed by atoms with Crippen LogP contribution >= 0.6 is 11.6 Å². The monoisotopic (exact) mass is 462 g/mol. The molecule has 1 N–H and O–H groups in total. The maximum atomic E-state index is 12.8. The number of ether oxygens (including phenoxy) is 3. The van der Waals surface area contributed by atoms with Gasteiger partial charge in [-0.05, 0) is 49.2 Å². The van der Waals surface area contributed by atoms with E-state index in [1.165, 1.54) is 32.4 Å². The summed E-state index contributed by atoms with van der Waals surface area (Å²) in [6.45, 7) is 3.76. The van der Waals surface area contributed by atoms with Crippen LogP contribution in [0.1, 0.15) is 42.1 Å². The van der Waals surface area contributed by atoms with Crippen molar-refractivity contribution in [3.8, 4) is 11.5 Å². The van der Waals surface area contributed by atoms with Crippen LogP contribution < -0.4 is 14.8 Å². The fourth-order valence-electron chi connectivity index (χ4n) is 2.93. The Kier molecular flexibility index (Phi) is 7.09. The SMILES string of the molecule is CC[C@H](C)Oc1c(Cl)cc(/C=C2\NC(=O)N(Cc3ccc(C(=O)OC)o3)C2=O)cc1OC. The number of nitrogens with one attached hydrogen (secondary N) is 1. The van der Waals surface area contributed by atoms with Gasteiger partial charge in [0.05, 0.1) is 31.9 Å². The van der Waals surface area contributed by atoms with Crippen molar-refractivity contribution in [3.63, 3.8) is 0 Å². The van der Waals surface area contributed by atoms with E-state index in [0.29, 0.717) is 22.1 Å². The molecule has 170 valence electrons. The number of halogens is 1. The Balaban J connectivity index is 1.81. The summed E-state index contributed by atoms with van der Waals surface area (Å²) in [7, 11) is 2.71. The van der Waals surface area contributed by atoms with Gasteiger partial charge in [-0.1, -0.05) is 18.5 Å². The zero-order chi connectivity index (χ0) is 23.4. The highest BCUT2D eigenvalue weighted by molar-refractivity contribution is 6.32. The standard InChI is InChI=1S/C22H23ClN2O7/c1-5-12(2)31-19-15(23)8-13(10-18(19)29-3)9-16-20(26)25(22(28)24-16)11-14-6-7-17(32-14)21(27)30-4/h6-10,12H,5,11H2,1-4H3,(H,24,28)/b16-9-/t12-/m0/s1. The second-order valence-corrected chi connectivity index (χ2v) is 7.42. The van der Waals surface area contributed by atoms with Crippen molar-refractivity contribution < 1.29 is 33.0 Å². The van der Waals surface area contributed by atoms with Crippen molar-refractivity contribution in [2.45, 2.75) is 32.9 Å². The lowest BCUT2D eigenvalue weighted by Gasteiger charge is -2.17. The molecule has 1 atom stereocenters. The summed E-state index contributed by atoms with van der Waals surface area (Å²) in [5, 5.41) is 2.84. The molecule has 2 heterocycles. The summed E-state index contributed by atoms with van der Waals surface area (Å²) in [5.41, 5.74) is 0.600. The number of rotatable bonds is 8. The first-order valence-corrected chi connectivity index (χ1v) is 10.2. The third kappa shape index (κ3) is 4.88. The summed E-state index contributed by atoms with van der Waals surface area (Å²) < 4.78 is 21.1.